The second kappa shape index (κ2) is 11.0. The molecule has 9 nitrogen and oxygen atoms in total. The molecule has 42 heavy (non-hydrogen) atoms. The number of rotatable bonds is 9. The molecule has 2 aromatic carbocycles. The fraction of sp³-hybridized carbons (Fsp3) is 0.433. The third-order valence-electron chi connectivity index (χ3n) is 8.00. The summed E-state index contributed by atoms with van der Waals surface area (Å²) in [5, 5.41) is 15.8. The first kappa shape index (κ1) is 27.9. The summed E-state index contributed by atoms with van der Waals surface area (Å²) in [6.07, 6.45) is 1.89. The number of hydrogen-bond acceptors (Lipinski definition) is 9. The Morgan fingerprint density at radius 2 is 2.00 bits per heavy atom. The van der Waals surface area contributed by atoms with Crippen LogP contribution in [0.3, 0.4) is 0 Å². The summed E-state index contributed by atoms with van der Waals surface area (Å²) in [5.74, 6) is 0.815. The van der Waals surface area contributed by atoms with E-state index in [0.29, 0.717) is 64.8 Å². The maximum absolute atomic E-state index is 11.7. The van der Waals surface area contributed by atoms with E-state index in [9.17, 15) is 9.90 Å². The number of aromatic nitrogens is 2. The molecular formula is C30H29Cl2N3O6S. The van der Waals surface area contributed by atoms with E-state index >= 15 is 0 Å². The third-order valence-corrected chi connectivity index (χ3v) is 9.69. The van der Waals surface area contributed by atoms with Crippen molar-refractivity contribution in [1.29, 1.82) is 0 Å². The predicted octanol–water partition coefficient (Wildman–Crippen LogP) is 7.04. The number of thiazole rings is 1. The van der Waals surface area contributed by atoms with Crippen LogP contribution in [0.15, 0.2) is 34.9 Å². The number of nitrogens with zero attached hydrogens (tertiary/aromatic N) is 3. The minimum atomic E-state index is -0.998. The van der Waals surface area contributed by atoms with Crippen LogP contribution in [0.1, 0.15) is 54.3 Å². The Morgan fingerprint density at radius 1 is 1.21 bits per heavy atom. The zero-order chi connectivity index (χ0) is 29.1. The Bertz CT molecular complexity index is 1650. The molecule has 3 aliphatic rings. The van der Waals surface area contributed by atoms with Gasteiger partial charge in [0.05, 0.1) is 51.8 Å². The Hall–Kier alpha value is -2.89. The minimum absolute atomic E-state index is 0.00540. The largest absolute Gasteiger partial charge is 0.489 e. The third kappa shape index (κ3) is 5.13. The molecule has 7 rings (SSSR count). The van der Waals surface area contributed by atoms with Crippen molar-refractivity contribution in [3.05, 3.63) is 57.3 Å². The van der Waals surface area contributed by atoms with Gasteiger partial charge >= 0.3 is 5.97 Å². The number of anilines is 1. The number of benzene rings is 2. The summed E-state index contributed by atoms with van der Waals surface area (Å²) in [5.41, 5.74) is 3.03. The summed E-state index contributed by atoms with van der Waals surface area (Å²) in [4.78, 5) is 18.8. The van der Waals surface area contributed by atoms with E-state index in [-0.39, 0.29) is 29.8 Å². The molecule has 0 unspecified atom stereocenters. The first-order valence-electron chi connectivity index (χ1n) is 14.0. The number of fused-ring (bicyclic) bond motifs is 2. The standard InChI is InChI=1S/C30H29Cl2N3O6S/c1-14(2)40-21-8-16(29(36)37)9-24-27(21)33-30(42-24)35-10-17-22(11-35)39-13-23(17)38-12-18-26(34-41-28(18)15-6-7-15)25-19(31)4-3-5-20(25)32/h3-5,8-9,14-15,17,22-23H,6-7,10-13H2,1-2H3,(H,36,37)/t17-,22+,23+/m1/s1. The summed E-state index contributed by atoms with van der Waals surface area (Å²) in [7, 11) is 0. The Labute approximate surface area is 256 Å². The van der Waals surface area contributed by atoms with Gasteiger partial charge in [0.25, 0.3) is 0 Å². The molecule has 2 saturated heterocycles. The maximum Gasteiger partial charge on any atom is 0.335 e. The molecule has 3 fully saturated rings. The van der Waals surface area contributed by atoms with Gasteiger partial charge in [-0.15, -0.1) is 0 Å². The average Bonchev–Trinajstić information content (AvgIpc) is 3.26. The van der Waals surface area contributed by atoms with Gasteiger partial charge in [0.15, 0.2) is 5.13 Å². The van der Waals surface area contributed by atoms with Gasteiger partial charge in [0, 0.05) is 36.1 Å². The van der Waals surface area contributed by atoms with E-state index < -0.39 is 5.97 Å². The molecule has 4 heterocycles. The first-order valence-corrected chi connectivity index (χ1v) is 15.6. The van der Waals surface area contributed by atoms with Gasteiger partial charge in [-0.2, -0.15) is 0 Å². The van der Waals surface area contributed by atoms with Crippen molar-refractivity contribution in [2.24, 2.45) is 5.92 Å². The highest BCUT2D eigenvalue weighted by atomic mass is 35.5. The summed E-state index contributed by atoms with van der Waals surface area (Å²) in [6.45, 7) is 6.03. The lowest BCUT2D eigenvalue weighted by molar-refractivity contribution is 0.0144. The molecule has 3 atom stereocenters. The number of halogens is 2. The van der Waals surface area contributed by atoms with Gasteiger partial charge in [0.1, 0.15) is 22.7 Å². The van der Waals surface area contributed by atoms with Crippen LogP contribution in [0.2, 0.25) is 10.0 Å². The fourth-order valence-electron chi connectivity index (χ4n) is 5.83. The molecule has 1 aliphatic carbocycles. The van der Waals surface area contributed by atoms with Gasteiger partial charge < -0.3 is 28.7 Å². The molecule has 4 aromatic rings. The molecule has 0 bridgehead atoms. The van der Waals surface area contributed by atoms with E-state index in [0.717, 1.165) is 34.0 Å². The summed E-state index contributed by atoms with van der Waals surface area (Å²) < 4.78 is 25.2. The maximum atomic E-state index is 11.7. The highest BCUT2D eigenvalue weighted by molar-refractivity contribution is 7.22. The number of aromatic carboxylic acids is 1. The predicted molar refractivity (Wildman–Crippen MR) is 160 cm³/mol. The second-order valence-electron chi connectivity index (χ2n) is 11.3. The number of carboxylic acids is 1. The van der Waals surface area contributed by atoms with Crippen molar-refractivity contribution < 1.29 is 28.6 Å². The molecular weight excluding hydrogens is 601 g/mol. The number of carbonyl (C=O) groups is 1. The van der Waals surface area contributed by atoms with Crippen molar-refractivity contribution >= 4 is 55.9 Å². The Kier molecular flexibility index (Phi) is 7.30. The summed E-state index contributed by atoms with van der Waals surface area (Å²) in [6, 6.07) is 8.60. The Morgan fingerprint density at radius 3 is 2.71 bits per heavy atom. The van der Waals surface area contributed by atoms with Gasteiger partial charge in [-0.25, -0.2) is 9.78 Å². The average molecular weight is 631 g/mol. The van der Waals surface area contributed by atoms with Crippen LogP contribution < -0.4 is 9.64 Å². The van der Waals surface area contributed by atoms with E-state index in [1.165, 1.54) is 11.3 Å². The SMILES string of the molecule is CC(C)Oc1cc(C(=O)O)cc2sc(N3C[C@H]4[C@@H](OCc5c(-c6c(Cl)cccc6Cl)noc5C5CC5)CO[C@H]4C3)nc12. The zero-order valence-electron chi connectivity index (χ0n) is 23.0. The first-order chi connectivity index (χ1) is 20.3. The quantitative estimate of drug-likeness (QED) is 0.208. The van der Waals surface area contributed by atoms with Crippen LogP contribution in [-0.2, 0) is 16.1 Å². The van der Waals surface area contributed by atoms with Crippen molar-refractivity contribution in [2.75, 3.05) is 24.6 Å². The smallest absolute Gasteiger partial charge is 0.335 e. The number of ether oxygens (including phenoxy) is 3. The van der Waals surface area contributed by atoms with Gasteiger partial charge in [-0.05, 0) is 51.0 Å². The minimum Gasteiger partial charge on any atom is -0.489 e. The molecule has 0 spiro atoms. The monoisotopic (exact) mass is 629 g/mol. The van der Waals surface area contributed by atoms with Gasteiger partial charge in [-0.3, -0.25) is 0 Å². The van der Waals surface area contributed by atoms with Crippen LogP contribution >= 0.6 is 34.5 Å². The van der Waals surface area contributed by atoms with Crippen molar-refractivity contribution in [3.8, 4) is 17.0 Å². The van der Waals surface area contributed by atoms with Crippen LogP contribution in [0, 0.1) is 5.92 Å². The van der Waals surface area contributed by atoms with E-state index in [4.69, 9.17) is 46.9 Å². The van der Waals surface area contributed by atoms with Crippen LogP contribution in [0.25, 0.3) is 21.5 Å². The molecule has 1 saturated carbocycles. The van der Waals surface area contributed by atoms with Crippen LogP contribution in [0.5, 0.6) is 5.75 Å². The molecule has 2 aromatic heterocycles. The number of hydrogen-bond donors (Lipinski definition) is 1. The molecule has 0 radical (unpaired) electrons. The molecule has 220 valence electrons. The van der Waals surface area contributed by atoms with E-state index in [2.05, 4.69) is 10.1 Å². The summed E-state index contributed by atoms with van der Waals surface area (Å²) >= 11 is 14.5. The zero-order valence-corrected chi connectivity index (χ0v) is 25.3. The highest BCUT2D eigenvalue weighted by Gasteiger charge is 2.46. The van der Waals surface area contributed by atoms with Crippen molar-refractivity contribution in [3.63, 3.8) is 0 Å². The lowest BCUT2D eigenvalue weighted by Gasteiger charge is -2.20. The lowest BCUT2D eigenvalue weighted by Crippen LogP contribution is -2.28. The Balaban J connectivity index is 1.11. The van der Waals surface area contributed by atoms with E-state index in [1.54, 1.807) is 24.3 Å². The van der Waals surface area contributed by atoms with E-state index in [1.807, 2.05) is 19.9 Å². The molecule has 2 aliphatic heterocycles. The number of carboxylic acid groups (broad SMARTS) is 1. The second-order valence-corrected chi connectivity index (χ2v) is 13.1. The molecule has 12 heteroatoms. The van der Waals surface area contributed by atoms with Crippen LogP contribution in [0.4, 0.5) is 5.13 Å². The van der Waals surface area contributed by atoms with Crippen molar-refractivity contribution in [1.82, 2.24) is 10.1 Å². The van der Waals surface area contributed by atoms with Crippen molar-refractivity contribution in [2.45, 2.75) is 57.5 Å². The highest BCUT2D eigenvalue weighted by Crippen LogP contribution is 2.47. The van der Waals surface area contributed by atoms with Gasteiger partial charge in [0.2, 0.25) is 0 Å². The normalized spacial score (nSPS) is 21.9. The molecule has 0 amide bonds. The lowest BCUT2D eigenvalue weighted by atomic mass is 10.0. The van der Waals surface area contributed by atoms with Gasteiger partial charge in [-0.1, -0.05) is 45.8 Å². The molecule has 1 N–H and O–H groups in total. The van der Waals surface area contributed by atoms with Crippen LogP contribution in [-0.4, -0.2) is 59.2 Å². The fourth-order valence-corrected chi connectivity index (χ4v) is 7.45. The topological polar surface area (TPSA) is 107 Å².